The first kappa shape index (κ1) is 8.68. The van der Waals surface area contributed by atoms with Crippen LogP contribution in [0.3, 0.4) is 0 Å². The van der Waals surface area contributed by atoms with Gasteiger partial charge in [-0.2, -0.15) is 15.4 Å². The first-order valence-corrected chi connectivity index (χ1v) is 5.12. The van der Waals surface area contributed by atoms with Crippen LogP contribution in [0.4, 0.5) is 0 Å². The highest BCUT2D eigenvalue weighted by atomic mass is 79.9. The molecular formula is C7H9BrN4O. The molecule has 1 aliphatic rings. The van der Waals surface area contributed by atoms with Gasteiger partial charge in [-0.3, -0.25) is 4.79 Å². The third-order valence-electron chi connectivity index (χ3n) is 2.14. The predicted octanol–water partition coefficient (Wildman–Crippen LogP) is 0.462. The van der Waals surface area contributed by atoms with E-state index in [-0.39, 0.29) is 11.4 Å². The van der Waals surface area contributed by atoms with Gasteiger partial charge in [0.1, 0.15) is 0 Å². The SMILES string of the molecule is O=C(NC1(CBr)CC1)c1cn[nH]n1. The Labute approximate surface area is 83.4 Å². The molecule has 1 saturated carbocycles. The van der Waals surface area contributed by atoms with Gasteiger partial charge in [0.15, 0.2) is 5.69 Å². The van der Waals surface area contributed by atoms with Gasteiger partial charge in [-0.15, -0.1) is 0 Å². The summed E-state index contributed by atoms with van der Waals surface area (Å²) in [5.74, 6) is -0.161. The number of aromatic nitrogens is 3. The number of H-pyrrole nitrogens is 1. The lowest BCUT2D eigenvalue weighted by atomic mass is 10.3. The smallest absolute Gasteiger partial charge is 0.273 e. The summed E-state index contributed by atoms with van der Waals surface area (Å²) in [6, 6.07) is 0. The van der Waals surface area contributed by atoms with E-state index in [9.17, 15) is 4.79 Å². The molecule has 1 aromatic rings. The predicted molar refractivity (Wildman–Crippen MR) is 49.6 cm³/mol. The number of nitrogens with zero attached hydrogens (tertiary/aromatic N) is 2. The molecule has 6 heteroatoms. The van der Waals surface area contributed by atoms with E-state index < -0.39 is 0 Å². The maximum atomic E-state index is 11.5. The zero-order valence-corrected chi connectivity index (χ0v) is 8.47. The molecule has 0 bridgehead atoms. The van der Waals surface area contributed by atoms with Gasteiger partial charge in [-0.05, 0) is 12.8 Å². The third-order valence-corrected chi connectivity index (χ3v) is 3.21. The summed E-state index contributed by atoms with van der Waals surface area (Å²) in [7, 11) is 0. The lowest BCUT2D eigenvalue weighted by Crippen LogP contribution is -2.38. The topological polar surface area (TPSA) is 70.7 Å². The Morgan fingerprint density at radius 3 is 3.00 bits per heavy atom. The Morgan fingerprint density at radius 2 is 2.54 bits per heavy atom. The van der Waals surface area contributed by atoms with E-state index in [0.717, 1.165) is 18.2 Å². The van der Waals surface area contributed by atoms with Gasteiger partial charge < -0.3 is 5.32 Å². The second-order valence-electron chi connectivity index (χ2n) is 3.22. The minimum atomic E-state index is -0.161. The molecule has 0 spiro atoms. The Balaban J connectivity index is 2.00. The van der Waals surface area contributed by atoms with Crippen LogP contribution in [0.15, 0.2) is 6.20 Å². The molecule has 0 aromatic carbocycles. The van der Waals surface area contributed by atoms with Crippen molar-refractivity contribution in [2.45, 2.75) is 18.4 Å². The molecule has 70 valence electrons. The van der Waals surface area contributed by atoms with Gasteiger partial charge in [0, 0.05) is 5.33 Å². The summed E-state index contributed by atoms with van der Waals surface area (Å²) in [6.07, 6.45) is 3.48. The normalized spacial score (nSPS) is 18.2. The first-order valence-electron chi connectivity index (χ1n) is 4.00. The Kier molecular flexibility index (Phi) is 2.07. The van der Waals surface area contributed by atoms with Crippen LogP contribution in [0.1, 0.15) is 23.3 Å². The number of rotatable bonds is 3. The lowest BCUT2D eigenvalue weighted by molar-refractivity contribution is 0.0931. The maximum Gasteiger partial charge on any atom is 0.273 e. The van der Waals surface area contributed by atoms with Crippen molar-refractivity contribution >= 4 is 21.8 Å². The standard InChI is InChI=1S/C7H9BrN4O/c8-4-7(1-2-7)10-6(13)5-3-9-12-11-5/h3H,1-2,4H2,(H,10,13)(H,9,11,12). The quantitative estimate of drug-likeness (QED) is 0.760. The number of alkyl halides is 1. The molecule has 0 atom stereocenters. The van der Waals surface area contributed by atoms with Gasteiger partial charge in [-0.1, -0.05) is 15.9 Å². The number of carbonyl (C=O) groups is 1. The fourth-order valence-electron chi connectivity index (χ4n) is 1.06. The molecule has 1 fully saturated rings. The molecular weight excluding hydrogens is 236 g/mol. The summed E-state index contributed by atoms with van der Waals surface area (Å²) in [5, 5.41) is 13.4. The second kappa shape index (κ2) is 3.10. The van der Waals surface area contributed by atoms with E-state index in [4.69, 9.17) is 0 Å². The van der Waals surface area contributed by atoms with Crippen molar-refractivity contribution in [3.8, 4) is 0 Å². The fourth-order valence-corrected chi connectivity index (χ4v) is 1.76. The number of carbonyl (C=O) groups excluding carboxylic acids is 1. The van der Waals surface area contributed by atoms with E-state index >= 15 is 0 Å². The largest absolute Gasteiger partial charge is 0.344 e. The number of halogens is 1. The summed E-state index contributed by atoms with van der Waals surface area (Å²) in [4.78, 5) is 11.5. The van der Waals surface area contributed by atoms with Crippen molar-refractivity contribution in [1.29, 1.82) is 0 Å². The van der Waals surface area contributed by atoms with Crippen LogP contribution in [-0.2, 0) is 0 Å². The maximum absolute atomic E-state index is 11.5. The summed E-state index contributed by atoms with van der Waals surface area (Å²) < 4.78 is 0. The van der Waals surface area contributed by atoms with Crippen LogP contribution in [0, 0.1) is 0 Å². The van der Waals surface area contributed by atoms with Crippen molar-refractivity contribution in [3.63, 3.8) is 0 Å². The fraction of sp³-hybridized carbons (Fsp3) is 0.571. The zero-order chi connectivity index (χ0) is 9.31. The number of aromatic amines is 1. The number of amides is 1. The molecule has 5 nitrogen and oxygen atoms in total. The first-order chi connectivity index (χ1) is 6.26. The highest BCUT2D eigenvalue weighted by Gasteiger charge is 2.43. The number of hydrogen-bond donors (Lipinski definition) is 2. The van der Waals surface area contributed by atoms with E-state index in [1.807, 2.05) is 0 Å². The van der Waals surface area contributed by atoms with Crippen molar-refractivity contribution in [2.75, 3.05) is 5.33 Å². The van der Waals surface area contributed by atoms with Gasteiger partial charge in [0.25, 0.3) is 5.91 Å². The van der Waals surface area contributed by atoms with Crippen molar-refractivity contribution in [2.24, 2.45) is 0 Å². The molecule has 1 amide bonds. The molecule has 1 aliphatic carbocycles. The second-order valence-corrected chi connectivity index (χ2v) is 3.78. The Hall–Kier alpha value is -0.910. The number of hydrogen-bond acceptors (Lipinski definition) is 3. The molecule has 2 N–H and O–H groups in total. The molecule has 13 heavy (non-hydrogen) atoms. The number of nitrogens with one attached hydrogen (secondary N) is 2. The molecule has 1 heterocycles. The summed E-state index contributed by atoms with van der Waals surface area (Å²) >= 11 is 3.37. The van der Waals surface area contributed by atoms with Crippen LogP contribution in [0.2, 0.25) is 0 Å². The third kappa shape index (κ3) is 1.72. The van der Waals surface area contributed by atoms with E-state index in [1.54, 1.807) is 0 Å². The van der Waals surface area contributed by atoms with Gasteiger partial charge in [0.05, 0.1) is 11.7 Å². The van der Waals surface area contributed by atoms with Gasteiger partial charge in [-0.25, -0.2) is 0 Å². The zero-order valence-electron chi connectivity index (χ0n) is 6.88. The van der Waals surface area contributed by atoms with E-state index in [2.05, 4.69) is 36.7 Å². The average Bonchev–Trinajstić information content (AvgIpc) is 2.69. The van der Waals surface area contributed by atoms with Crippen molar-refractivity contribution < 1.29 is 4.79 Å². The average molecular weight is 245 g/mol. The van der Waals surface area contributed by atoms with Gasteiger partial charge >= 0.3 is 0 Å². The van der Waals surface area contributed by atoms with E-state index in [1.165, 1.54) is 6.20 Å². The highest BCUT2D eigenvalue weighted by Crippen LogP contribution is 2.36. The molecule has 0 saturated heterocycles. The van der Waals surface area contributed by atoms with Crippen LogP contribution < -0.4 is 5.32 Å². The van der Waals surface area contributed by atoms with Crippen molar-refractivity contribution in [1.82, 2.24) is 20.7 Å². The van der Waals surface area contributed by atoms with Crippen LogP contribution >= 0.6 is 15.9 Å². The molecule has 0 unspecified atom stereocenters. The van der Waals surface area contributed by atoms with Crippen LogP contribution in [0.25, 0.3) is 0 Å². The summed E-state index contributed by atoms with van der Waals surface area (Å²) in [5.41, 5.74) is 0.308. The van der Waals surface area contributed by atoms with Crippen LogP contribution in [0.5, 0.6) is 0 Å². The molecule has 2 rings (SSSR count). The van der Waals surface area contributed by atoms with Crippen LogP contribution in [-0.4, -0.2) is 32.2 Å². The minimum Gasteiger partial charge on any atom is -0.344 e. The van der Waals surface area contributed by atoms with Gasteiger partial charge in [0.2, 0.25) is 0 Å². The minimum absolute atomic E-state index is 0.0317. The molecule has 1 aromatic heterocycles. The van der Waals surface area contributed by atoms with Crippen molar-refractivity contribution in [3.05, 3.63) is 11.9 Å². The highest BCUT2D eigenvalue weighted by molar-refractivity contribution is 9.09. The molecule has 0 radical (unpaired) electrons. The van der Waals surface area contributed by atoms with E-state index in [0.29, 0.717) is 5.69 Å². The lowest BCUT2D eigenvalue weighted by Gasteiger charge is -2.12. The Morgan fingerprint density at radius 1 is 1.77 bits per heavy atom. The monoisotopic (exact) mass is 244 g/mol. The Bertz CT molecular complexity index is 306. The summed E-state index contributed by atoms with van der Waals surface area (Å²) in [6.45, 7) is 0. The molecule has 0 aliphatic heterocycles.